The topological polar surface area (TPSA) is 90.9 Å². The van der Waals surface area contributed by atoms with E-state index in [-0.39, 0.29) is 18.3 Å². The lowest BCUT2D eigenvalue weighted by atomic mass is 10.1. The lowest BCUT2D eigenvalue weighted by Crippen LogP contribution is -2.25. The molecule has 0 bridgehead atoms. The third-order valence-corrected chi connectivity index (χ3v) is 3.92. The van der Waals surface area contributed by atoms with Gasteiger partial charge in [-0.15, -0.1) is 0 Å². The Kier molecular flexibility index (Phi) is 5.93. The van der Waals surface area contributed by atoms with Gasteiger partial charge in [-0.25, -0.2) is 4.79 Å². The summed E-state index contributed by atoms with van der Waals surface area (Å²) < 4.78 is 16.0. The number of Topliss-reactive ketones (excluding diaryl/α,β-unsaturated/α-hetero) is 1. The summed E-state index contributed by atoms with van der Waals surface area (Å²) in [6.07, 6.45) is 0. The average molecular weight is 383 g/mol. The van der Waals surface area contributed by atoms with Gasteiger partial charge in [0, 0.05) is 5.56 Å². The second kappa shape index (κ2) is 8.56. The highest BCUT2D eigenvalue weighted by Crippen LogP contribution is 2.28. The molecule has 0 saturated carbocycles. The summed E-state index contributed by atoms with van der Waals surface area (Å²) in [6, 6.07) is 11.3. The molecule has 0 radical (unpaired) electrons. The molecule has 0 aliphatic carbocycles. The minimum Gasteiger partial charge on any atom is -0.493 e. The standard InChI is InChI=1S/C21H21NO6/c1-13(2)10-26-16-5-3-4-15(8-16)21(25)28-11-18(23)14-6-7-19-17(9-14)22-20(24)12-27-19/h3-9,13H,10-12H2,1-2H3,(H,22,24). The molecule has 0 saturated heterocycles. The number of anilines is 1. The molecule has 0 atom stereocenters. The van der Waals surface area contributed by atoms with E-state index < -0.39 is 12.6 Å². The molecule has 146 valence electrons. The van der Waals surface area contributed by atoms with Gasteiger partial charge in [-0.2, -0.15) is 0 Å². The number of hydrogen-bond donors (Lipinski definition) is 1. The molecule has 1 amide bonds. The van der Waals surface area contributed by atoms with Gasteiger partial charge in [-0.1, -0.05) is 19.9 Å². The highest BCUT2D eigenvalue weighted by Gasteiger charge is 2.19. The number of nitrogens with one attached hydrogen (secondary N) is 1. The fraction of sp³-hybridized carbons (Fsp3) is 0.286. The molecule has 1 aliphatic rings. The summed E-state index contributed by atoms with van der Waals surface area (Å²) in [5, 5.41) is 2.63. The van der Waals surface area contributed by atoms with Crippen LogP contribution in [0, 0.1) is 5.92 Å². The number of ketones is 1. The Morgan fingerprint density at radius 1 is 1.14 bits per heavy atom. The maximum absolute atomic E-state index is 12.3. The molecule has 1 N–H and O–H groups in total. The molecule has 7 nitrogen and oxygen atoms in total. The Hall–Kier alpha value is -3.35. The second-order valence-corrected chi connectivity index (χ2v) is 6.78. The second-order valence-electron chi connectivity index (χ2n) is 6.78. The van der Waals surface area contributed by atoms with E-state index in [4.69, 9.17) is 14.2 Å². The van der Waals surface area contributed by atoms with E-state index in [9.17, 15) is 14.4 Å². The van der Waals surface area contributed by atoms with Crippen LogP contribution in [0.25, 0.3) is 0 Å². The van der Waals surface area contributed by atoms with Gasteiger partial charge in [0.1, 0.15) is 11.5 Å². The number of ether oxygens (including phenoxy) is 3. The van der Waals surface area contributed by atoms with Crippen molar-refractivity contribution in [1.82, 2.24) is 0 Å². The van der Waals surface area contributed by atoms with Gasteiger partial charge in [0.05, 0.1) is 17.9 Å². The van der Waals surface area contributed by atoms with Crippen molar-refractivity contribution in [1.29, 1.82) is 0 Å². The zero-order chi connectivity index (χ0) is 20.1. The lowest BCUT2D eigenvalue weighted by Gasteiger charge is -2.18. The highest BCUT2D eigenvalue weighted by molar-refractivity contribution is 6.02. The van der Waals surface area contributed by atoms with Crippen LogP contribution in [0.2, 0.25) is 0 Å². The quantitative estimate of drug-likeness (QED) is 0.584. The fourth-order valence-corrected chi connectivity index (χ4v) is 2.53. The van der Waals surface area contributed by atoms with E-state index in [1.807, 2.05) is 13.8 Å². The fourth-order valence-electron chi connectivity index (χ4n) is 2.53. The minimum atomic E-state index is -0.613. The van der Waals surface area contributed by atoms with Crippen molar-refractivity contribution in [2.45, 2.75) is 13.8 Å². The summed E-state index contributed by atoms with van der Waals surface area (Å²) >= 11 is 0. The maximum atomic E-state index is 12.3. The maximum Gasteiger partial charge on any atom is 0.338 e. The number of benzene rings is 2. The minimum absolute atomic E-state index is 0.0577. The van der Waals surface area contributed by atoms with Gasteiger partial charge < -0.3 is 19.5 Å². The zero-order valence-electron chi connectivity index (χ0n) is 15.7. The molecule has 3 rings (SSSR count). The van der Waals surface area contributed by atoms with Crippen molar-refractivity contribution in [3.05, 3.63) is 53.6 Å². The Morgan fingerprint density at radius 2 is 1.96 bits per heavy atom. The summed E-state index contributed by atoms with van der Waals surface area (Å²) in [4.78, 5) is 36.0. The SMILES string of the molecule is CC(C)COc1cccc(C(=O)OCC(=O)c2ccc3c(c2)NC(=O)CO3)c1. The number of fused-ring (bicyclic) bond motifs is 1. The van der Waals surface area contributed by atoms with Gasteiger partial charge in [0.2, 0.25) is 0 Å². The van der Waals surface area contributed by atoms with Crippen LogP contribution in [-0.2, 0) is 9.53 Å². The monoisotopic (exact) mass is 383 g/mol. The van der Waals surface area contributed by atoms with Gasteiger partial charge in [0.25, 0.3) is 5.91 Å². The predicted octanol–water partition coefficient (Wildman–Crippen LogP) is 3.09. The number of carbonyl (C=O) groups excluding carboxylic acids is 3. The molecule has 1 aliphatic heterocycles. The Bertz CT molecular complexity index is 906. The van der Waals surface area contributed by atoms with Crippen molar-refractivity contribution in [3.8, 4) is 11.5 Å². The van der Waals surface area contributed by atoms with Crippen LogP contribution in [0.4, 0.5) is 5.69 Å². The Labute approximate surface area is 162 Å². The molecule has 0 unspecified atom stereocenters. The zero-order valence-corrected chi connectivity index (χ0v) is 15.7. The van der Waals surface area contributed by atoms with E-state index in [0.717, 1.165) is 0 Å². The average Bonchev–Trinajstić information content (AvgIpc) is 2.69. The third-order valence-electron chi connectivity index (χ3n) is 3.92. The molecule has 0 fully saturated rings. The molecule has 2 aromatic carbocycles. The molecule has 28 heavy (non-hydrogen) atoms. The van der Waals surface area contributed by atoms with Crippen LogP contribution in [0.15, 0.2) is 42.5 Å². The first-order valence-corrected chi connectivity index (χ1v) is 8.92. The lowest BCUT2D eigenvalue weighted by molar-refractivity contribution is -0.118. The van der Waals surface area contributed by atoms with Crippen molar-refractivity contribution in [3.63, 3.8) is 0 Å². The largest absolute Gasteiger partial charge is 0.493 e. The molecule has 7 heteroatoms. The number of carbonyl (C=O) groups is 3. The highest BCUT2D eigenvalue weighted by atomic mass is 16.5. The molecule has 0 aromatic heterocycles. The number of rotatable bonds is 7. The first kappa shape index (κ1) is 19.4. The van der Waals surface area contributed by atoms with Crippen molar-refractivity contribution in [2.24, 2.45) is 5.92 Å². The summed E-state index contributed by atoms with van der Waals surface area (Å²) in [6.45, 7) is 4.13. The van der Waals surface area contributed by atoms with Crippen molar-refractivity contribution < 1.29 is 28.6 Å². The molecular formula is C21H21NO6. The first-order valence-electron chi connectivity index (χ1n) is 8.92. The van der Waals surface area contributed by atoms with E-state index in [2.05, 4.69) is 5.32 Å². The summed E-state index contributed by atoms with van der Waals surface area (Å²) in [5.41, 5.74) is 1.04. The van der Waals surface area contributed by atoms with Crippen LogP contribution in [0.3, 0.4) is 0 Å². The normalized spacial score (nSPS) is 12.6. The predicted molar refractivity (Wildman–Crippen MR) is 102 cm³/mol. The van der Waals surface area contributed by atoms with Crippen LogP contribution in [0.1, 0.15) is 34.6 Å². The van der Waals surface area contributed by atoms with Gasteiger partial charge in [-0.05, 0) is 42.3 Å². The number of hydrogen-bond acceptors (Lipinski definition) is 6. The van der Waals surface area contributed by atoms with Crippen molar-refractivity contribution >= 4 is 23.3 Å². The smallest absolute Gasteiger partial charge is 0.338 e. The van der Waals surface area contributed by atoms with E-state index >= 15 is 0 Å². The van der Waals surface area contributed by atoms with Crippen LogP contribution < -0.4 is 14.8 Å². The third kappa shape index (κ3) is 4.88. The summed E-state index contributed by atoms with van der Waals surface area (Å²) in [7, 11) is 0. The molecule has 0 spiro atoms. The number of amides is 1. The van der Waals surface area contributed by atoms with E-state index in [1.165, 1.54) is 6.07 Å². The van der Waals surface area contributed by atoms with E-state index in [1.54, 1.807) is 36.4 Å². The van der Waals surface area contributed by atoms with Crippen molar-refractivity contribution in [2.75, 3.05) is 25.1 Å². The van der Waals surface area contributed by atoms with Gasteiger partial charge in [0.15, 0.2) is 19.0 Å². The van der Waals surface area contributed by atoms with Crippen LogP contribution in [0.5, 0.6) is 11.5 Å². The Balaban J connectivity index is 1.60. The molecular weight excluding hydrogens is 362 g/mol. The van der Waals surface area contributed by atoms with Gasteiger partial charge in [-0.3, -0.25) is 9.59 Å². The van der Waals surface area contributed by atoms with E-state index in [0.29, 0.717) is 40.8 Å². The van der Waals surface area contributed by atoms with Crippen LogP contribution >= 0.6 is 0 Å². The Morgan fingerprint density at radius 3 is 2.75 bits per heavy atom. The summed E-state index contributed by atoms with van der Waals surface area (Å²) in [5.74, 6) is 0.135. The molecule has 1 heterocycles. The first-order chi connectivity index (χ1) is 13.4. The van der Waals surface area contributed by atoms with Gasteiger partial charge >= 0.3 is 5.97 Å². The molecule has 2 aromatic rings. The number of esters is 1. The van der Waals surface area contributed by atoms with Crippen LogP contribution in [-0.4, -0.2) is 37.5 Å².